The molecule has 0 amide bonds. The smallest absolute Gasteiger partial charge is 0.0876 e. The molecule has 1 N–H and O–H groups in total. The zero-order valence-corrected chi connectivity index (χ0v) is 5.35. The summed E-state index contributed by atoms with van der Waals surface area (Å²) in [5, 5.41) is 9.24. The van der Waals surface area contributed by atoms with E-state index in [4.69, 9.17) is 4.74 Å². The highest BCUT2D eigenvalue weighted by atomic mass is 16.5. The van der Waals surface area contributed by atoms with E-state index in [1.807, 2.05) is 6.92 Å². The topological polar surface area (TPSA) is 29.5 Å². The van der Waals surface area contributed by atoms with Gasteiger partial charge >= 0.3 is 0 Å². The van der Waals surface area contributed by atoms with E-state index in [1.165, 1.54) is 0 Å². The number of hydrogen-bond acceptors (Lipinski definition) is 2. The van der Waals surface area contributed by atoms with E-state index in [1.54, 1.807) is 6.92 Å². The van der Waals surface area contributed by atoms with E-state index in [-0.39, 0.29) is 6.10 Å². The van der Waals surface area contributed by atoms with Gasteiger partial charge in [-0.3, -0.25) is 0 Å². The summed E-state index contributed by atoms with van der Waals surface area (Å²) in [7, 11) is 0. The molecule has 2 heteroatoms. The van der Waals surface area contributed by atoms with Crippen molar-refractivity contribution in [3.63, 3.8) is 0 Å². The minimum absolute atomic E-state index is 0.241. The Bertz CT molecular complexity index is 88.5. The number of rotatable bonds is 0. The van der Waals surface area contributed by atoms with Gasteiger partial charge < -0.3 is 9.84 Å². The predicted molar refractivity (Wildman–Crippen MR) is 30.7 cm³/mol. The quantitative estimate of drug-likeness (QED) is 0.500. The Morgan fingerprint density at radius 3 is 2.50 bits per heavy atom. The second-order valence-corrected chi connectivity index (χ2v) is 2.82. The molecule has 0 aliphatic carbocycles. The predicted octanol–water partition coefficient (Wildman–Crippen LogP) is 0.546. The highest BCUT2D eigenvalue weighted by Gasteiger charge is 2.30. The first kappa shape index (κ1) is 6.05. The molecule has 1 unspecified atom stereocenters. The van der Waals surface area contributed by atoms with Crippen LogP contribution in [0.2, 0.25) is 0 Å². The summed E-state index contributed by atoms with van der Waals surface area (Å²) < 4.78 is 5.12. The number of hydrogen-bond donors (Lipinski definition) is 1. The lowest BCUT2D eigenvalue weighted by atomic mass is 10.0. The molecule has 2 atom stereocenters. The summed E-state index contributed by atoms with van der Waals surface area (Å²) >= 11 is 0. The third-order valence-corrected chi connectivity index (χ3v) is 1.41. The molecule has 2 nitrogen and oxygen atoms in total. The standard InChI is InChI=1S/C6H12O2/c1-5-3-6(2,7)4-8-5/h5,7H,3-4H2,1-2H3/t5-,6?/m0/s1. The normalized spacial score (nSPS) is 47.6. The van der Waals surface area contributed by atoms with E-state index in [2.05, 4.69) is 0 Å². The third kappa shape index (κ3) is 1.20. The van der Waals surface area contributed by atoms with Crippen molar-refractivity contribution >= 4 is 0 Å². The van der Waals surface area contributed by atoms with Crippen molar-refractivity contribution in [1.29, 1.82) is 0 Å². The molecule has 0 radical (unpaired) electrons. The Labute approximate surface area is 49.5 Å². The van der Waals surface area contributed by atoms with Crippen LogP contribution in [-0.2, 0) is 4.74 Å². The van der Waals surface area contributed by atoms with E-state index in [0.717, 1.165) is 6.42 Å². The van der Waals surface area contributed by atoms with E-state index in [0.29, 0.717) is 6.61 Å². The minimum atomic E-state index is -0.556. The summed E-state index contributed by atoms with van der Waals surface area (Å²) in [6, 6.07) is 0. The van der Waals surface area contributed by atoms with Crippen LogP contribution in [0.4, 0.5) is 0 Å². The number of ether oxygens (including phenoxy) is 1. The fraction of sp³-hybridized carbons (Fsp3) is 1.00. The van der Waals surface area contributed by atoms with E-state index in [9.17, 15) is 5.11 Å². The molecule has 0 aromatic carbocycles. The summed E-state index contributed by atoms with van der Waals surface area (Å²) in [6.07, 6.45) is 1.01. The fourth-order valence-electron chi connectivity index (χ4n) is 1.06. The van der Waals surface area contributed by atoms with Crippen molar-refractivity contribution < 1.29 is 9.84 Å². The van der Waals surface area contributed by atoms with Gasteiger partial charge in [-0.25, -0.2) is 0 Å². The molecular weight excluding hydrogens is 104 g/mol. The Hall–Kier alpha value is -0.0800. The van der Waals surface area contributed by atoms with Gasteiger partial charge in [-0.05, 0) is 13.8 Å². The average molecular weight is 116 g/mol. The third-order valence-electron chi connectivity index (χ3n) is 1.41. The lowest BCUT2D eigenvalue weighted by Gasteiger charge is -2.10. The minimum Gasteiger partial charge on any atom is -0.388 e. The van der Waals surface area contributed by atoms with Crippen LogP contribution in [0, 0.1) is 0 Å². The zero-order chi connectivity index (χ0) is 6.20. The second kappa shape index (κ2) is 1.71. The summed E-state index contributed by atoms with van der Waals surface area (Å²) in [5.74, 6) is 0. The molecule has 1 aliphatic heterocycles. The molecule has 1 fully saturated rings. The van der Waals surface area contributed by atoms with Crippen molar-refractivity contribution in [3.8, 4) is 0 Å². The fourth-order valence-corrected chi connectivity index (χ4v) is 1.06. The molecule has 8 heavy (non-hydrogen) atoms. The van der Waals surface area contributed by atoms with Crippen LogP contribution >= 0.6 is 0 Å². The Morgan fingerprint density at radius 2 is 2.38 bits per heavy atom. The maximum atomic E-state index is 9.24. The first-order chi connectivity index (χ1) is 3.60. The van der Waals surface area contributed by atoms with Gasteiger partial charge in [0.15, 0.2) is 0 Å². The average Bonchev–Trinajstić information content (AvgIpc) is 1.82. The lowest BCUT2D eigenvalue weighted by molar-refractivity contribution is 0.0377. The van der Waals surface area contributed by atoms with Crippen LogP contribution in [0.5, 0.6) is 0 Å². The lowest BCUT2D eigenvalue weighted by Crippen LogP contribution is -2.23. The van der Waals surface area contributed by atoms with Crippen molar-refractivity contribution in [1.82, 2.24) is 0 Å². The summed E-state index contributed by atoms with van der Waals surface area (Å²) in [6.45, 7) is 4.27. The van der Waals surface area contributed by atoms with Gasteiger partial charge in [-0.2, -0.15) is 0 Å². The maximum absolute atomic E-state index is 9.24. The van der Waals surface area contributed by atoms with Crippen LogP contribution < -0.4 is 0 Å². The molecule has 0 aromatic rings. The molecule has 1 heterocycles. The maximum Gasteiger partial charge on any atom is 0.0876 e. The molecule has 1 aliphatic rings. The van der Waals surface area contributed by atoms with Crippen LogP contribution in [0.25, 0.3) is 0 Å². The largest absolute Gasteiger partial charge is 0.388 e. The van der Waals surface area contributed by atoms with Gasteiger partial charge in [-0.15, -0.1) is 0 Å². The summed E-state index contributed by atoms with van der Waals surface area (Å²) in [5.41, 5.74) is -0.556. The molecular formula is C6H12O2. The Kier molecular flexibility index (Phi) is 1.29. The monoisotopic (exact) mass is 116 g/mol. The van der Waals surface area contributed by atoms with Crippen molar-refractivity contribution in [2.45, 2.75) is 32.0 Å². The van der Waals surface area contributed by atoms with Crippen molar-refractivity contribution in [2.75, 3.05) is 6.61 Å². The first-order valence-corrected chi connectivity index (χ1v) is 2.94. The number of aliphatic hydroxyl groups is 1. The van der Waals surface area contributed by atoms with E-state index < -0.39 is 5.60 Å². The van der Waals surface area contributed by atoms with Crippen molar-refractivity contribution in [2.24, 2.45) is 0 Å². The van der Waals surface area contributed by atoms with Gasteiger partial charge in [0.2, 0.25) is 0 Å². The van der Waals surface area contributed by atoms with Crippen molar-refractivity contribution in [3.05, 3.63) is 0 Å². The molecule has 0 aromatic heterocycles. The molecule has 0 bridgehead atoms. The van der Waals surface area contributed by atoms with E-state index >= 15 is 0 Å². The van der Waals surface area contributed by atoms with Gasteiger partial charge in [0.1, 0.15) is 0 Å². The van der Waals surface area contributed by atoms with Gasteiger partial charge in [0, 0.05) is 6.42 Å². The Balaban J connectivity index is 2.44. The highest BCUT2D eigenvalue weighted by molar-refractivity contribution is 4.80. The summed E-state index contributed by atoms with van der Waals surface area (Å²) in [4.78, 5) is 0. The first-order valence-electron chi connectivity index (χ1n) is 2.94. The van der Waals surface area contributed by atoms with Crippen LogP contribution in [0.1, 0.15) is 20.3 Å². The molecule has 48 valence electrons. The van der Waals surface area contributed by atoms with Gasteiger partial charge in [-0.1, -0.05) is 0 Å². The Morgan fingerprint density at radius 1 is 1.75 bits per heavy atom. The van der Waals surface area contributed by atoms with Crippen LogP contribution in [0.15, 0.2) is 0 Å². The zero-order valence-electron chi connectivity index (χ0n) is 5.35. The molecule has 0 spiro atoms. The SMILES string of the molecule is C[C@H]1CC(C)(O)CO1. The van der Waals surface area contributed by atoms with Gasteiger partial charge in [0.25, 0.3) is 0 Å². The van der Waals surface area contributed by atoms with Crippen LogP contribution in [-0.4, -0.2) is 23.4 Å². The second-order valence-electron chi connectivity index (χ2n) is 2.82. The molecule has 0 saturated carbocycles. The highest BCUT2D eigenvalue weighted by Crippen LogP contribution is 2.22. The van der Waals surface area contributed by atoms with Gasteiger partial charge in [0.05, 0.1) is 18.3 Å². The molecule has 1 saturated heterocycles. The van der Waals surface area contributed by atoms with Crippen LogP contribution in [0.3, 0.4) is 0 Å². The molecule has 1 rings (SSSR count).